The van der Waals surface area contributed by atoms with Gasteiger partial charge in [0.25, 0.3) is 0 Å². The maximum atomic E-state index is 13.9. The predicted molar refractivity (Wildman–Crippen MR) is 97.2 cm³/mol. The maximum absolute atomic E-state index is 13.9. The van der Waals surface area contributed by atoms with Gasteiger partial charge < -0.3 is 19.5 Å². The number of hydrogen-bond donors (Lipinski definition) is 1. The number of carbonyl (C=O) groups excluding carboxylic acids is 1. The summed E-state index contributed by atoms with van der Waals surface area (Å²) in [4.78, 5) is 11.8. The van der Waals surface area contributed by atoms with Gasteiger partial charge in [-0.05, 0) is 48.9 Å². The first kappa shape index (κ1) is 20.3. The minimum absolute atomic E-state index is 0.00920. The Bertz CT molecular complexity index is 850. The molecular formula is C19H19ClF3NO4. The molecule has 2 rings (SSSR count). The van der Waals surface area contributed by atoms with Gasteiger partial charge in [0.1, 0.15) is 30.5 Å². The van der Waals surface area contributed by atoms with E-state index in [2.05, 4.69) is 10.1 Å². The third-order valence-electron chi connectivity index (χ3n) is 3.67. The van der Waals surface area contributed by atoms with Crippen LogP contribution in [0.3, 0.4) is 0 Å². The molecule has 5 nitrogen and oxygen atoms in total. The van der Waals surface area contributed by atoms with Gasteiger partial charge in [-0.1, -0.05) is 11.6 Å². The quantitative estimate of drug-likeness (QED) is 0.652. The van der Waals surface area contributed by atoms with Gasteiger partial charge in [-0.2, -0.15) is 8.78 Å². The molecule has 1 N–H and O–H groups in total. The van der Waals surface area contributed by atoms with Crippen molar-refractivity contribution in [3.8, 4) is 11.5 Å². The van der Waals surface area contributed by atoms with E-state index in [9.17, 15) is 18.0 Å². The second-order valence-corrected chi connectivity index (χ2v) is 6.03. The van der Waals surface area contributed by atoms with Crippen LogP contribution in [0.15, 0.2) is 36.4 Å². The number of ether oxygens (including phenoxy) is 3. The molecule has 2 aromatic rings. The van der Waals surface area contributed by atoms with E-state index in [0.29, 0.717) is 11.5 Å². The summed E-state index contributed by atoms with van der Waals surface area (Å²) in [6, 6.07) is 6.86. The van der Waals surface area contributed by atoms with E-state index >= 15 is 0 Å². The molecule has 1 atom stereocenters. The van der Waals surface area contributed by atoms with E-state index in [-0.39, 0.29) is 22.8 Å². The molecule has 0 fully saturated rings. The average Bonchev–Trinajstić information content (AvgIpc) is 2.65. The van der Waals surface area contributed by atoms with Gasteiger partial charge in [0.15, 0.2) is 0 Å². The summed E-state index contributed by atoms with van der Waals surface area (Å²) in [6.07, 6.45) is 0. The molecule has 1 amide bonds. The van der Waals surface area contributed by atoms with Crippen LogP contribution < -0.4 is 14.8 Å². The van der Waals surface area contributed by atoms with Crippen LogP contribution in [0.1, 0.15) is 25.4 Å². The summed E-state index contributed by atoms with van der Waals surface area (Å²) in [5, 5.41) is 2.20. The lowest BCUT2D eigenvalue weighted by Crippen LogP contribution is -2.31. The molecule has 0 spiro atoms. The fraction of sp³-hybridized carbons (Fsp3) is 0.316. The Morgan fingerprint density at radius 3 is 2.50 bits per heavy atom. The van der Waals surface area contributed by atoms with Crippen LogP contribution in [0.5, 0.6) is 11.5 Å². The monoisotopic (exact) mass is 418 g/mol. The van der Waals surface area contributed by atoms with Crippen LogP contribution in [0.4, 0.5) is 13.2 Å². The number of rotatable bonds is 9. The van der Waals surface area contributed by atoms with Gasteiger partial charge in [0.2, 0.25) is 5.91 Å². The Kier molecular flexibility index (Phi) is 7.39. The zero-order chi connectivity index (χ0) is 21.6. The molecular weight excluding hydrogens is 399 g/mol. The van der Waals surface area contributed by atoms with Crippen LogP contribution >= 0.6 is 11.6 Å². The third-order valence-corrected chi connectivity index (χ3v) is 4.01. The molecule has 2 aromatic carbocycles. The van der Waals surface area contributed by atoms with Crippen molar-refractivity contribution in [2.24, 2.45) is 0 Å². The molecule has 0 bridgehead atoms. The molecule has 1 unspecified atom stereocenters. The average molecular weight is 419 g/mol. The first-order valence-corrected chi connectivity index (χ1v) is 8.46. The highest BCUT2D eigenvalue weighted by atomic mass is 35.5. The lowest BCUT2D eigenvalue weighted by atomic mass is 10.0. The van der Waals surface area contributed by atoms with E-state index in [1.165, 1.54) is 14.0 Å². The molecule has 152 valence electrons. The van der Waals surface area contributed by atoms with Crippen molar-refractivity contribution in [2.45, 2.75) is 26.2 Å². The molecule has 0 aromatic heterocycles. The number of benzene rings is 2. The number of halogens is 4. The van der Waals surface area contributed by atoms with Crippen LogP contribution in [0.25, 0.3) is 0 Å². The third kappa shape index (κ3) is 6.31. The summed E-state index contributed by atoms with van der Waals surface area (Å²) in [5.41, 5.74) is 0.276. The first-order valence-electron chi connectivity index (χ1n) is 8.58. The van der Waals surface area contributed by atoms with Crippen LogP contribution in [0.2, 0.25) is 5.02 Å². The Morgan fingerprint density at radius 1 is 1.25 bits per heavy atom. The summed E-state index contributed by atoms with van der Waals surface area (Å²) in [5.74, 6) is -0.594. The van der Waals surface area contributed by atoms with Gasteiger partial charge in [-0.25, -0.2) is 4.39 Å². The Balaban J connectivity index is 2.22. The molecule has 28 heavy (non-hydrogen) atoms. The molecule has 0 aliphatic heterocycles. The summed E-state index contributed by atoms with van der Waals surface area (Å²) in [7, 11) is 1.52. The minimum Gasteiger partial charge on any atom is -0.497 e. The fourth-order valence-corrected chi connectivity index (χ4v) is 2.62. The van der Waals surface area contributed by atoms with Gasteiger partial charge in [-0.3, -0.25) is 4.79 Å². The highest BCUT2D eigenvalue weighted by Crippen LogP contribution is 2.28. The van der Waals surface area contributed by atoms with E-state index in [1.807, 2.05) is 0 Å². The molecule has 9 heteroatoms. The number of carbonyl (C=O) groups is 1. The minimum atomic E-state index is -3.13. The van der Waals surface area contributed by atoms with Crippen LogP contribution in [-0.4, -0.2) is 26.2 Å². The number of amides is 1. The number of alkyl halides is 2. The topological polar surface area (TPSA) is 56.8 Å². The van der Waals surface area contributed by atoms with E-state index in [0.717, 1.165) is 12.1 Å². The zero-order valence-electron chi connectivity index (χ0n) is 16.1. The molecule has 0 saturated carbocycles. The molecule has 0 heterocycles. The Hall–Kier alpha value is -2.45. The molecule has 0 aliphatic carbocycles. The summed E-state index contributed by atoms with van der Waals surface area (Å²) < 4.78 is 61.1. The molecule has 0 saturated heterocycles. The largest absolute Gasteiger partial charge is 0.497 e. The SMILES string of the molecule is [2H]C(C)(NC(=O)COC(F)F)c1cc(F)cc(Cl)c1COc1ccc(OC)cc1. The van der Waals surface area contributed by atoms with Crippen molar-refractivity contribution >= 4 is 17.5 Å². The standard InChI is InChI=1S/C19H19ClF3NO4/c1-11(24-18(25)10-28-19(22)23)15-7-12(21)8-17(20)16(15)9-27-14-5-3-13(26-2)4-6-14/h3-8,11,19H,9-10H2,1-2H3,(H,24,25)/i11D. The Labute approximate surface area is 166 Å². The van der Waals surface area contributed by atoms with Crippen LogP contribution in [-0.2, 0) is 16.1 Å². The van der Waals surface area contributed by atoms with Crippen molar-refractivity contribution in [1.29, 1.82) is 0 Å². The lowest BCUT2D eigenvalue weighted by molar-refractivity contribution is -0.152. The van der Waals surface area contributed by atoms with Gasteiger partial charge in [0, 0.05) is 5.56 Å². The normalized spacial score (nSPS) is 13.6. The van der Waals surface area contributed by atoms with Gasteiger partial charge in [-0.15, -0.1) is 0 Å². The molecule has 0 radical (unpaired) electrons. The van der Waals surface area contributed by atoms with Gasteiger partial charge in [0.05, 0.1) is 19.5 Å². The molecule has 0 aliphatic rings. The maximum Gasteiger partial charge on any atom is 0.345 e. The second-order valence-electron chi connectivity index (χ2n) is 5.62. The highest BCUT2D eigenvalue weighted by molar-refractivity contribution is 6.31. The smallest absolute Gasteiger partial charge is 0.345 e. The summed E-state index contributed by atoms with van der Waals surface area (Å²) >= 11 is 6.13. The van der Waals surface area contributed by atoms with E-state index < -0.39 is 31.0 Å². The van der Waals surface area contributed by atoms with Crippen molar-refractivity contribution < 1.29 is 33.5 Å². The second kappa shape index (κ2) is 10.2. The van der Waals surface area contributed by atoms with Crippen LogP contribution in [0, 0.1) is 5.82 Å². The van der Waals surface area contributed by atoms with E-state index in [1.54, 1.807) is 24.3 Å². The fourth-order valence-electron chi connectivity index (χ4n) is 2.36. The van der Waals surface area contributed by atoms with Crippen molar-refractivity contribution in [1.82, 2.24) is 5.32 Å². The number of nitrogens with one attached hydrogen (secondary N) is 1. The van der Waals surface area contributed by atoms with Crippen molar-refractivity contribution in [3.63, 3.8) is 0 Å². The lowest BCUT2D eigenvalue weighted by Gasteiger charge is -2.20. The van der Waals surface area contributed by atoms with Gasteiger partial charge >= 0.3 is 6.61 Å². The van der Waals surface area contributed by atoms with E-state index in [4.69, 9.17) is 22.4 Å². The Morgan fingerprint density at radius 2 is 1.89 bits per heavy atom. The van der Waals surface area contributed by atoms with Crippen molar-refractivity contribution in [2.75, 3.05) is 13.7 Å². The summed E-state index contributed by atoms with van der Waals surface area (Å²) in [6.45, 7) is -2.95. The zero-order valence-corrected chi connectivity index (χ0v) is 15.9. The number of hydrogen-bond acceptors (Lipinski definition) is 4. The number of methoxy groups -OCH3 is 1. The van der Waals surface area contributed by atoms with Crippen molar-refractivity contribution in [3.05, 3.63) is 58.4 Å². The highest BCUT2D eigenvalue weighted by Gasteiger charge is 2.19. The predicted octanol–water partition coefficient (Wildman–Crippen LogP) is 4.48. The first-order chi connectivity index (χ1) is 13.6.